The van der Waals surface area contributed by atoms with Gasteiger partial charge >= 0.3 is 0 Å². The van der Waals surface area contributed by atoms with Crippen LogP contribution in [-0.4, -0.2) is 62.4 Å². The highest BCUT2D eigenvalue weighted by Gasteiger charge is 2.25. The van der Waals surface area contributed by atoms with Gasteiger partial charge in [0.25, 0.3) is 0 Å². The van der Waals surface area contributed by atoms with Crippen LogP contribution in [0.3, 0.4) is 0 Å². The monoisotopic (exact) mass is 459 g/mol. The van der Waals surface area contributed by atoms with Crippen molar-refractivity contribution in [2.24, 2.45) is 0 Å². The van der Waals surface area contributed by atoms with E-state index in [9.17, 15) is 0 Å². The Morgan fingerprint density at radius 2 is 2.09 bits per heavy atom. The highest BCUT2D eigenvalue weighted by atomic mass is 16.5. The van der Waals surface area contributed by atoms with Crippen LogP contribution in [0.25, 0.3) is 33.5 Å². The normalized spacial score (nSPS) is 21.3. The number of H-pyrrole nitrogens is 1. The number of hydrogen-bond donors (Lipinski definition) is 1. The van der Waals surface area contributed by atoms with Crippen molar-refractivity contribution in [3.8, 4) is 22.6 Å². The zero-order chi connectivity index (χ0) is 23.1. The third-order valence-corrected chi connectivity index (χ3v) is 6.82. The van der Waals surface area contributed by atoms with E-state index in [1.54, 1.807) is 0 Å². The van der Waals surface area contributed by atoms with Gasteiger partial charge in [-0.15, -0.1) is 0 Å². The van der Waals surface area contributed by atoms with Crippen LogP contribution in [0.1, 0.15) is 38.0 Å². The number of hydrogen-bond acceptors (Lipinski definition) is 7. The van der Waals surface area contributed by atoms with E-state index < -0.39 is 0 Å². The molecule has 4 aromatic heterocycles. The smallest absolute Gasteiger partial charge is 0.150 e. The Morgan fingerprint density at radius 1 is 1.15 bits per heavy atom. The van der Waals surface area contributed by atoms with E-state index in [1.807, 2.05) is 35.4 Å². The maximum atomic E-state index is 6.04. The summed E-state index contributed by atoms with van der Waals surface area (Å²) in [5.74, 6) is 0.918. The van der Waals surface area contributed by atoms with Crippen molar-refractivity contribution in [1.82, 2.24) is 29.9 Å². The van der Waals surface area contributed by atoms with E-state index in [2.05, 4.69) is 40.1 Å². The van der Waals surface area contributed by atoms with E-state index in [1.165, 1.54) is 0 Å². The van der Waals surface area contributed by atoms with Gasteiger partial charge in [0.1, 0.15) is 17.0 Å². The van der Waals surface area contributed by atoms with Crippen molar-refractivity contribution in [2.75, 3.05) is 31.3 Å². The molecule has 34 heavy (non-hydrogen) atoms. The number of aromatic amines is 1. The molecular formula is C25H29N7O2. The second-order valence-corrected chi connectivity index (χ2v) is 9.11. The summed E-state index contributed by atoms with van der Waals surface area (Å²) in [4.78, 5) is 12.3. The summed E-state index contributed by atoms with van der Waals surface area (Å²) in [6, 6.07) is 6.43. The number of aryl methyl sites for hydroxylation is 1. The van der Waals surface area contributed by atoms with Gasteiger partial charge in [-0.05, 0) is 56.9 Å². The van der Waals surface area contributed by atoms with Gasteiger partial charge in [0, 0.05) is 36.5 Å². The summed E-state index contributed by atoms with van der Waals surface area (Å²) in [6.07, 6.45) is 8.63. The van der Waals surface area contributed by atoms with Crippen molar-refractivity contribution < 1.29 is 9.47 Å². The molecule has 2 unspecified atom stereocenters. The van der Waals surface area contributed by atoms with Crippen molar-refractivity contribution in [1.29, 1.82) is 0 Å². The number of fused-ring (bicyclic) bond motifs is 1. The van der Waals surface area contributed by atoms with E-state index in [4.69, 9.17) is 19.4 Å². The summed E-state index contributed by atoms with van der Waals surface area (Å²) in [7, 11) is 0. The number of anilines is 1. The molecule has 0 aromatic carbocycles. The summed E-state index contributed by atoms with van der Waals surface area (Å²) in [5, 5.41) is 13.1. The first-order valence-electron chi connectivity index (χ1n) is 12.0. The van der Waals surface area contributed by atoms with Gasteiger partial charge in [-0.1, -0.05) is 0 Å². The SMILES string of the molecule is Cc1cn[nH]c1-c1cc(N2CCOCC2C)nc2c(-c3ccnn3C3CCCCO3)nccc12. The first-order chi connectivity index (χ1) is 16.7. The Labute approximate surface area is 198 Å². The van der Waals surface area contributed by atoms with Crippen LogP contribution >= 0.6 is 0 Å². The largest absolute Gasteiger partial charge is 0.377 e. The van der Waals surface area contributed by atoms with Crippen molar-refractivity contribution in [3.05, 3.63) is 42.4 Å². The number of morpholine rings is 1. The molecule has 0 radical (unpaired) electrons. The van der Waals surface area contributed by atoms with Crippen LogP contribution in [0.15, 0.2) is 36.8 Å². The number of nitrogens with zero attached hydrogens (tertiary/aromatic N) is 6. The number of rotatable bonds is 4. The molecule has 6 heterocycles. The number of aromatic nitrogens is 6. The van der Waals surface area contributed by atoms with Gasteiger partial charge in [-0.2, -0.15) is 10.2 Å². The topological polar surface area (TPSA) is 94.0 Å². The van der Waals surface area contributed by atoms with Crippen molar-refractivity contribution in [3.63, 3.8) is 0 Å². The van der Waals surface area contributed by atoms with Crippen LogP contribution in [0.5, 0.6) is 0 Å². The van der Waals surface area contributed by atoms with Gasteiger partial charge in [-0.3, -0.25) is 10.1 Å². The Bertz CT molecular complexity index is 1310. The fourth-order valence-corrected chi connectivity index (χ4v) is 5.01. The number of pyridine rings is 2. The molecule has 2 aliphatic heterocycles. The summed E-state index contributed by atoms with van der Waals surface area (Å²) >= 11 is 0. The molecule has 2 atom stereocenters. The van der Waals surface area contributed by atoms with Gasteiger partial charge in [0.2, 0.25) is 0 Å². The third-order valence-electron chi connectivity index (χ3n) is 6.82. The van der Waals surface area contributed by atoms with Gasteiger partial charge < -0.3 is 14.4 Å². The zero-order valence-corrected chi connectivity index (χ0v) is 19.6. The second kappa shape index (κ2) is 8.81. The minimum atomic E-state index is -0.0763. The first-order valence-corrected chi connectivity index (χ1v) is 12.0. The van der Waals surface area contributed by atoms with Crippen LogP contribution in [0, 0.1) is 6.92 Å². The second-order valence-electron chi connectivity index (χ2n) is 9.11. The molecule has 9 nitrogen and oxygen atoms in total. The average molecular weight is 460 g/mol. The van der Waals surface area contributed by atoms with E-state index in [-0.39, 0.29) is 12.3 Å². The number of nitrogens with one attached hydrogen (secondary N) is 1. The van der Waals surface area contributed by atoms with Crippen LogP contribution < -0.4 is 4.90 Å². The fourth-order valence-electron chi connectivity index (χ4n) is 5.01. The van der Waals surface area contributed by atoms with Crippen molar-refractivity contribution >= 4 is 16.7 Å². The lowest BCUT2D eigenvalue weighted by molar-refractivity contribution is -0.0383. The van der Waals surface area contributed by atoms with Crippen LogP contribution in [0.4, 0.5) is 5.82 Å². The first kappa shape index (κ1) is 21.2. The molecule has 176 valence electrons. The molecule has 0 bridgehead atoms. The van der Waals surface area contributed by atoms with Gasteiger partial charge in [-0.25, -0.2) is 9.67 Å². The Hall–Kier alpha value is -3.30. The minimum absolute atomic E-state index is 0.0763. The standard InChI is InChI=1S/C25H29N7O2/c1-16-14-27-30-23(16)19-13-21(31-10-12-33-15-17(31)2)29-24-18(19)6-8-26-25(24)20-7-9-28-32(20)22-5-3-4-11-34-22/h6-9,13-14,17,22H,3-5,10-12,15H2,1-2H3,(H,27,30). The van der Waals surface area contributed by atoms with Gasteiger partial charge in [0.15, 0.2) is 6.23 Å². The highest BCUT2D eigenvalue weighted by Crippen LogP contribution is 2.37. The highest BCUT2D eigenvalue weighted by molar-refractivity contribution is 6.01. The summed E-state index contributed by atoms with van der Waals surface area (Å²) in [6.45, 7) is 7.17. The quantitative estimate of drug-likeness (QED) is 0.491. The molecule has 0 amide bonds. The Balaban J connectivity index is 1.57. The Morgan fingerprint density at radius 3 is 2.88 bits per heavy atom. The predicted molar refractivity (Wildman–Crippen MR) is 130 cm³/mol. The summed E-state index contributed by atoms with van der Waals surface area (Å²) in [5.41, 5.74) is 5.73. The maximum absolute atomic E-state index is 6.04. The third kappa shape index (κ3) is 3.65. The van der Waals surface area contributed by atoms with E-state index in [0.29, 0.717) is 13.2 Å². The van der Waals surface area contributed by atoms with E-state index >= 15 is 0 Å². The molecule has 1 N–H and O–H groups in total. The number of ether oxygens (including phenoxy) is 2. The molecule has 9 heteroatoms. The molecule has 6 rings (SSSR count). The molecule has 0 aliphatic carbocycles. The lowest BCUT2D eigenvalue weighted by Gasteiger charge is -2.34. The minimum Gasteiger partial charge on any atom is -0.377 e. The van der Waals surface area contributed by atoms with Crippen LogP contribution in [0.2, 0.25) is 0 Å². The molecule has 2 aliphatic rings. The van der Waals surface area contributed by atoms with E-state index in [0.717, 1.165) is 77.3 Å². The molecule has 0 saturated carbocycles. The molecule has 2 saturated heterocycles. The fraction of sp³-hybridized carbons (Fsp3) is 0.440. The predicted octanol–water partition coefficient (Wildman–Crippen LogP) is 4.12. The van der Waals surface area contributed by atoms with Crippen molar-refractivity contribution in [2.45, 2.75) is 45.4 Å². The Kier molecular flexibility index (Phi) is 5.50. The molecule has 2 fully saturated rings. The molecular weight excluding hydrogens is 430 g/mol. The van der Waals surface area contributed by atoms with Crippen LogP contribution in [-0.2, 0) is 9.47 Å². The molecule has 0 spiro atoms. The average Bonchev–Trinajstić information content (AvgIpc) is 3.53. The maximum Gasteiger partial charge on any atom is 0.150 e. The molecule has 4 aromatic rings. The zero-order valence-electron chi connectivity index (χ0n) is 19.6. The van der Waals surface area contributed by atoms with Gasteiger partial charge in [0.05, 0.1) is 36.8 Å². The summed E-state index contributed by atoms with van der Waals surface area (Å²) < 4.78 is 13.7. The lowest BCUT2D eigenvalue weighted by atomic mass is 10.0. The lowest BCUT2D eigenvalue weighted by Crippen LogP contribution is -2.44.